The summed E-state index contributed by atoms with van der Waals surface area (Å²) >= 11 is 0. The number of rotatable bonds is 2. The smallest absolute Gasteiger partial charge is 0.260 e. The minimum Gasteiger partial charge on any atom is -0.337 e. The number of likely N-dealkylation sites (tertiary alicyclic amines) is 1. The second-order valence-corrected chi connectivity index (χ2v) is 6.36. The third-order valence-corrected chi connectivity index (χ3v) is 4.49. The molecule has 7 nitrogen and oxygen atoms in total. The van der Waals surface area contributed by atoms with Gasteiger partial charge in [-0.3, -0.25) is 9.59 Å². The summed E-state index contributed by atoms with van der Waals surface area (Å²) in [5, 5.41) is 4.35. The van der Waals surface area contributed by atoms with Crippen molar-refractivity contribution in [2.24, 2.45) is 5.14 Å². The van der Waals surface area contributed by atoms with Crippen LogP contribution in [0.2, 0.25) is 0 Å². The van der Waals surface area contributed by atoms with Crippen molar-refractivity contribution in [1.82, 2.24) is 9.88 Å². The molecule has 2 heterocycles. The summed E-state index contributed by atoms with van der Waals surface area (Å²) in [5.74, 6) is -0.463. The number of carbonyl (C=O) groups excluding carboxylic acids is 1. The van der Waals surface area contributed by atoms with Crippen LogP contribution in [0.15, 0.2) is 23.1 Å². The van der Waals surface area contributed by atoms with Crippen LogP contribution in [-0.4, -0.2) is 42.5 Å². The molecule has 1 aliphatic heterocycles. The van der Waals surface area contributed by atoms with Crippen LogP contribution in [0, 0.1) is 0 Å². The zero-order chi connectivity index (χ0) is 14.0. The largest absolute Gasteiger partial charge is 0.337 e. The van der Waals surface area contributed by atoms with Crippen LogP contribution >= 0.6 is 0 Å². The van der Waals surface area contributed by atoms with Gasteiger partial charge >= 0.3 is 0 Å². The first kappa shape index (κ1) is 13.8. The molecule has 1 unspecified atom stereocenters. The molecule has 1 aromatic heterocycles. The molecule has 19 heavy (non-hydrogen) atoms. The molecule has 0 radical (unpaired) electrons. The van der Waals surface area contributed by atoms with Crippen LogP contribution in [0.1, 0.15) is 23.2 Å². The summed E-state index contributed by atoms with van der Waals surface area (Å²) in [4.78, 5) is 27.5. The Morgan fingerprint density at radius 1 is 1.47 bits per heavy atom. The van der Waals surface area contributed by atoms with Gasteiger partial charge in [0.05, 0.1) is 5.25 Å². The Hall–Kier alpha value is -1.67. The van der Waals surface area contributed by atoms with Gasteiger partial charge < -0.3 is 9.88 Å². The zero-order valence-electron chi connectivity index (χ0n) is 10.2. The normalized spacial score (nSPS) is 20.3. The number of pyridine rings is 1. The molecule has 3 N–H and O–H groups in total. The van der Waals surface area contributed by atoms with Crippen molar-refractivity contribution in [3.8, 4) is 0 Å². The van der Waals surface area contributed by atoms with Gasteiger partial charge in [0.1, 0.15) is 5.56 Å². The average Bonchev–Trinajstić information content (AvgIpc) is 2.38. The molecule has 0 spiro atoms. The topological polar surface area (TPSA) is 113 Å². The van der Waals surface area contributed by atoms with Crippen LogP contribution in [-0.2, 0) is 10.0 Å². The van der Waals surface area contributed by atoms with E-state index in [0.717, 1.165) is 0 Å². The number of aromatic nitrogens is 1. The number of aromatic amines is 1. The van der Waals surface area contributed by atoms with Gasteiger partial charge in [0.25, 0.3) is 11.5 Å². The van der Waals surface area contributed by atoms with Crippen molar-refractivity contribution in [2.75, 3.05) is 13.1 Å². The van der Waals surface area contributed by atoms with Crippen LogP contribution in [0.4, 0.5) is 0 Å². The van der Waals surface area contributed by atoms with E-state index >= 15 is 0 Å². The van der Waals surface area contributed by atoms with E-state index in [2.05, 4.69) is 4.98 Å². The number of piperidine rings is 1. The van der Waals surface area contributed by atoms with Crippen molar-refractivity contribution in [2.45, 2.75) is 18.1 Å². The summed E-state index contributed by atoms with van der Waals surface area (Å²) in [6, 6.07) is 2.97. The van der Waals surface area contributed by atoms with Crippen molar-refractivity contribution >= 4 is 15.9 Å². The lowest BCUT2D eigenvalue weighted by atomic mass is 10.1. The number of amides is 1. The maximum Gasteiger partial charge on any atom is 0.260 e. The zero-order valence-corrected chi connectivity index (χ0v) is 11.0. The number of H-pyrrole nitrogens is 1. The van der Waals surface area contributed by atoms with E-state index in [1.54, 1.807) is 6.07 Å². The van der Waals surface area contributed by atoms with Gasteiger partial charge in [-0.15, -0.1) is 0 Å². The van der Waals surface area contributed by atoms with Crippen molar-refractivity contribution < 1.29 is 13.2 Å². The van der Waals surface area contributed by atoms with E-state index in [0.29, 0.717) is 19.4 Å². The molecular weight excluding hydrogens is 270 g/mol. The number of carbonyl (C=O) groups is 1. The molecule has 1 atom stereocenters. The lowest BCUT2D eigenvalue weighted by molar-refractivity contribution is 0.0725. The molecule has 0 aromatic carbocycles. The minimum atomic E-state index is -3.66. The van der Waals surface area contributed by atoms with Crippen molar-refractivity contribution in [1.29, 1.82) is 0 Å². The van der Waals surface area contributed by atoms with Crippen LogP contribution < -0.4 is 10.7 Å². The summed E-state index contributed by atoms with van der Waals surface area (Å²) in [7, 11) is -3.66. The molecule has 1 saturated heterocycles. The highest BCUT2D eigenvalue weighted by molar-refractivity contribution is 7.89. The van der Waals surface area contributed by atoms with E-state index in [-0.39, 0.29) is 12.1 Å². The second-order valence-electron chi connectivity index (χ2n) is 4.52. The van der Waals surface area contributed by atoms with Crippen molar-refractivity contribution in [3.63, 3.8) is 0 Å². The number of nitrogens with one attached hydrogen (secondary N) is 1. The van der Waals surface area contributed by atoms with Gasteiger partial charge in [-0.05, 0) is 25.0 Å². The molecule has 0 aliphatic carbocycles. The predicted octanol–water partition coefficient (Wildman–Crippen LogP) is -0.732. The van der Waals surface area contributed by atoms with E-state index in [1.807, 2.05) is 0 Å². The maximum atomic E-state index is 12.2. The molecule has 1 aliphatic rings. The third-order valence-electron chi connectivity index (χ3n) is 3.18. The van der Waals surface area contributed by atoms with Gasteiger partial charge in [0.15, 0.2) is 0 Å². The quantitative estimate of drug-likeness (QED) is 0.745. The molecule has 1 fully saturated rings. The first-order valence-electron chi connectivity index (χ1n) is 5.88. The maximum absolute atomic E-state index is 12.2. The first-order chi connectivity index (χ1) is 8.89. The van der Waals surface area contributed by atoms with Crippen molar-refractivity contribution in [3.05, 3.63) is 34.2 Å². The lowest BCUT2D eigenvalue weighted by Crippen LogP contribution is -2.47. The minimum absolute atomic E-state index is 0.0116. The highest BCUT2D eigenvalue weighted by Crippen LogP contribution is 2.16. The highest BCUT2D eigenvalue weighted by Gasteiger charge is 2.31. The van der Waals surface area contributed by atoms with E-state index in [1.165, 1.54) is 17.2 Å². The molecule has 104 valence electrons. The molecule has 8 heteroatoms. The van der Waals surface area contributed by atoms with Crippen LogP contribution in [0.3, 0.4) is 0 Å². The fourth-order valence-electron chi connectivity index (χ4n) is 2.15. The Kier molecular flexibility index (Phi) is 3.72. The van der Waals surface area contributed by atoms with Gasteiger partial charge in [-0.2, -0.15) is 0 Å². The summed E-state index contributed by atoms with van der Waals surface area (Å²) in [5.41, 5.74) is -0.470. The Morgan fingerprint density at radius 2 is 2.21 bits per heavy atom. The number of hydrogen-bond acceptors (Lipinski definition) is 4. The SMILES string of the molecule is NS(=O)(=O)C1CCCN(C(=O)c2ccc[nH]c2=O)C1. The number of nitrogens with zero attached hydrogens (tertiary/aromatic N) is 1. The summed E-state index contributed by atoms with van der Waals surface area (Å²) in [6.07, 6.45) is 2.42. The Labute approximate surface area is 110 Å². The van der Waals surface area contributed by atoms with Gasteiger partial charge in [0, 0.05) is 19.3 Å². The molecule has 2 rings (SSSR count). The summed E-state index contributed by atoms with van der Waals surface area (Å²) in [6.45, 7) is 0.463. The fourth-order valence-corrected chi connectivity index (χ4v) is 3.03. The monoisotopic (exact) mass is 285 g/mol. The Morgan fingerprint density at radius 3 is 2.84 bits per heavy atom. The average molecular weight is 285 g/mol. The molecule has 1 amide bonds. The summed E-state index contributed by atoms with van der Waals surface area (Å²) < 4.78 is 22.7. The molecule has 0 bridgehead atoms. The lowest BCUT2D eigenvalue weighted by Gasteiger charge is -2.31. The van der Waals surface area contributed by atoms with Gasteiger partial charge in [-0.25, -0.2) is 13.6 Å². The van der Waals surface area contributed by atoms with Crippen LogP contribution in [0.25, 0.3) is 0 Å². The second kappa shape index (κ2) is 5.14. The predicted molar refractivity (Wildman–Crippen MR) is 69.1 cm³/mol. The fraction of sp³-hybridized carbons (Fsp3) is 0.455. The first-order valence-corrected chi connectivity index (χ1v) is 7.49. The number of nitrogens with two attached hydrogens (primary N) is 1. The van der Waals surface area contributed by atoms with E-state index < -0.39 is 26.7 Å². The highest BCUT2D eigenvalue weighted by atomic mass is 32.2. The van der Waals surface area contributed by atoms with Gasteiger partial charge in [0.2, 0.25) is 10.0 Å². The van der Waals surface area contributed by atoms with Gasteiger partial charge in [-0.1, -0.05) is 0 Å². The number of hydrogen-bond donors (Lipinski definition) is 2. The number of sulfonamides is 1. The number of primary sulfonamides is 1. The van der Waals surface area contributed by atoms with E-state index in [4.69, 9.17) is 5.14 Å². The molecule has 0 saturated carbocycles. The third kappa shape index (κ3) is 3.02. The molecular formula is C11H15N3O4S. The molecule has 1 aromatic rings. The van der Waals surface area contributed by atoms with Crippen LogP contribution in [0.5, 0.6) is 0 Å². The standard InChI is InChI=1S/C11H15N3O4S/c12-19(17,18)8-3-2-6-14(7-8)11(16)9-4-1-5-13-10(9)15/h1,4-5,8H,2-3,6-7H2,(H,13,15)(H2,12,17,18). The Balaban J connectivity index is 2.21. The Bertz CT molecular complexity index is 637. The van der Waals surface area contributed by atoms with E-state index in [9.17, 15) is 18.0 Å².